The number of benzene rings is 2. The first kappa shape index (κ1) is 15.7. The minimum Gasteiger partial charge on any atom is -0.355 e. The number of carbonyl (C=O) groups is 2. The molecule has 0 atom stereocenters. The van der Waals surface area contributed by atoms with Crippen molar-refractivity contribution in [3.05, 3.63) is 66.0 Å². The Labute approximate surface area is 128 Å². The van der Waals surface area contributed by atoms with E-state index in [1.54, 1.807) is 6.07 Å². The van der Waals surface area contributed by atoms with Crippen LogP contribution in [0.4, 0.5) is 10.1 Å². The molecule has 0 aliphatic rings. The summed E-state index contributed by atoms with van der Waals surface area (Å²) in [6, 6.07) is 15.3. The highest BCUT2D eigenvalue weighted by Gasteiger charge is 2.09. The Kier molecular flexibility index (Phi) is 5.65. The second-order valence-corrected chi connectivity index (χ2v) is 4.82. The molecular formula is C17H17FN2O2. The van der Waals surface area contributed by atoms with E-state index >= 15 is 0 Å². The maximum absolute atomic E-state index is 13.0. The lowest BCUT2D eigenvalue weighted by Crippen LogP contribution is -2.29. The van der Waals surface area contributed by atoms with E-state index in [2.05, 4.69) is 10.6 Å². The molecular weight excluding hydrogens is 283 g/mol. The molecule has 0 saturated carbocycles. The van der Waals surface area contributed by atoms with Gasteiger partial charge in [-0.05, 0) is 30.2 Å². The van der Waals surface area contributed by atoms with Crippen LogP contribution in [0.5, 0.6) is 0 Å². The summed E-state index contributed by atoms with van der Waals surface area (Å²) in [5, 5.41) is 5.17. The molecule has 0 saturated heterocycles. The molecule has 22 heavy (non-hydrogen) atoms. The number of amides is 2. The van der Waals surface area contributed by atoms with Gasteiger partial charge < -0.3 is 10.6 Å². The SMILES string of the molecule is O=C(CC(=O)Nc1cccc(F)c1)NCCc1ccccc1. The third-order valence-electron chi connectivity index (χ3n) is 3.01. The van der Waals surface area contributed by atoms with Crippen molar-refractivity contribution in [3.63, 3.8) is 0 Å². The van der Waals surface area contributed by atoms with Gasteiger partial charge in [-0.1, -0.05) is 36.4 Å². The predicted molar refractivity (Wildman–Crippen MR) is 82.8 cm³/mol. The minimum atomic E-state index is -0.470. The van der Waals surface area contributed by atoms with Gasteiger partial charge in [-0.2, -0.15) is 0 Å². The van der Waals surface area contributed by atoms with Gasteiger partial charge in [0.05, 0.1) is 0 Å². The van der Waals surface area contributed by atoms with Gasteiger partial charge in [0.15, 0.2) is 0 Å². The Balaban J connectivity index is 1.71. The van der Waals surface area contributed by atoms with Crippen LogP contribution in [0.15, 0.2) is 54.6 Å². The van der Waals surface area contributed by atoms with Gasteiger partial charge in [0, 0.05) is 12.2 Å². The second-order valence-electron chi connectivity index (χ2n) is 4.82. The van der Waals surface area contributed by atoms with Gasteiger partial charge in [0.25, 0.3) is 0 Å². The van der Waals surface area contributed by atoms with E-state index in [-0.39, 0.29) is 12.3 Å². The number of rotatable bonds is 6. The van der Waals surface area contributed by atoms with E-state index in [1.165, 1.54) is 18.2 Å². The van der Waals surface area contributed by atoms with Crippen LogP contribution in [-0.4, -0.2) is 18.4 Å². The number of carbonyl (C=O) groups excluding carboxylic acids is 2. The van der Waals surface area contributed by atoms with Crippen molar-refractivity contribution in [2.45, 2.75) is 12.8 Å². The van der Waals surface area contributed by atoms with Crippen LogP contribution in [0.25, 0.3) is 0 Å². The third kappa shape index (κ3) is 5.36. The molecule has 2 rings (SSSR count). The normalized spacial score (nSPS) is 10.0. The molecule has 5 heteroatoms. The lowest BCUT2D eigenvalue weighted by atomic mass is 10.1. The van der Waals surface area contributed by atoms with Crippen LogP contribution in [0.2, 0.25) is 0 Å². The van der Waals surface area contributed by atoms with E-state index in [9.17, 15) is 14.0 Å². The topological polar surface area (TPSA) is 58.2 Å². The molecule has 2 N–H and O–H groups in total. The highest BCUT2D eigenvalue weighted by molar-refractivity contribution is 6.03. The summed E-state index contributed by atoms with van der Waals surface area (Å²) < 4.78 is 13.0. The van der Waals surface area contributed by atoms with Crippen molar-refractivity contribution >= 4 is 17.5 Å². The van der Waals surface area contributed by atoms with E-state index in [4.69, 9.17) is 0 Å². The maximum Gasteiger partial charge on any atom is 0.233 e. The van der Waals surface area contributed by atoms with Crippen LogP contribution in [-0.2, 0) is 16.0 Å². The highest BCUT2D eigenvalue weighted by atomic mass is 19.1. The van der Waals surface area contributed by atoms with Gasteiger partial charge in [-0.15, -0.1) is 0 Å². The van der Waals surface area contributed by atoms with Crippen molar-refractivity contribution in [3.8, 4) is 0 Å². The van der Waals surface area contributed by atoms with Gasteiger partial charge in [-0.25, -0.2) is 4.39 Å². The molecule has 4 nitrogen and oxygen atoms in total. The third-order valence-corrected chi connectivity index (χ3v) is 3.01. The first-order valence-corrected chi connectivity index (χ1v) is 6.99. The Hall–Kier alpha value is -2.69. The van der Waals surface area contributed by atoms with E-state index in [0.29, 0.717) is 18.7 Å². The molecule has 0 unspecified atom stereocenters. The quantitative estimate of drug-likeness (QED) is 0.805. The summed E-state index contributed by atoms with van der Waals surface area (Å²) in [6.07, 6.45) is 0.420. The highest BCUT2D eigenvalue weighted by Crippen LogP contribution is 2.09. The van der Waals surface area contributed by atoms with E-state index in [1.807, 2.05) is 30.3 Å². The second kappa shape index (κ2) is 7.93. The van der Waals surface area contributed by atoms with Crippen LogP contribution in [0, 0.1) is 5.82 Å². The summed E-state index contributed by atoms with van der Waals surface area (Å²) in [4.78, 5) is 23.3. The molecule has 0 heterocycles. The fourth-order valence-electron chi connectivity index (χ4n) is 1.97. The van der Waals surface area contributed by atoms with Gasteiger partial charge in [0.2, 0.25) is 11.8 Å². The monoisotopic (exact) mass is 300 g/mol. The van der Waals surface area contributed by atoms with Crippen LogP contribution >= 0.6 is 0 Å². The van der Waals surface area contributed by atoms with Crippen molar-refractivity contribution in [2.24, 2.45) is 0 Å². The number of anilines is 1. The Bertz CT molecular complexity index is 644. The Morgan fingerprint density at radius 2 is 1.73 bits per heavy atom. The molecule has 0 spiro atoms. The molecule has 0 aromatic heterocycles. The Morgan fingerprint density at radius 3 is 2.45 bits per heavy atom. The molecule has 0 aliphatic heterocycles. The number of hydrogen-bond donors (Lipinski definition) is 2. The molecule has 2 aromatic rings. The van der Waals surface area contributed by atoms with Crippen molar-refractivity contribution < 1.29 is 14.0 Å². The molecule has 2 amide bonds. The number of halogens is 1. The summed E-state index contributed by atoms with van der Waals surface area (Å²) in [7, 11) is 0. The predicted octanol–water partition coefficient (Wildman–Crippen LogP) is 2.51. The molecule has 0 fully saturated rings. The summed E-state index contributed by atoms with van der Waals surface area (Å²) >= 11 is 0. The largest absolute Gasteiger partial charge is 0.355 e. The fourth-order valence-corrected chi connectivity index (χ4v) is 1.97. The first-order chi connectivity index (χ1) is 10.6. The molecule has 0 bridgehead atoms. The number of nitrogens with one attached hydrogen (secondary N) is 2. The van der Waals surface area contributed by atoms with Gasteiger partial charge >= 0.3 is 0 Å². The molecule has 114 valence electrons. The lowest BCUT2D eigenvalue weighted by Gasteiger charge is -2.07. The van der Waals surface area contributed by atoms with E-state index < -0.39 is 11.7 Å². The molecule has 0 aliphatic carbocycles. The smallest absolute Gasteiger partial charge is 0.233 e. The zero-order valence-electron chi connectivity index (χ0n) is 12.0. The van der Waals surface area contributed by atoms with Gasteiger partial charge in [-0.3, -0.25) is 9.59 Å². The zero-order chi connectivity index (χ0) is 15.8. The summed E-state index contributed by atoms with van der Waals surface area (Å²) in [5.41, 5.74) is 1.45. The average Bonchev–Trinajstić information content (AvgIpc) is 2.48. The lowest BCUT2D eigenvalue weighted by molar-refractivity contribution is -0.126. The first-order valence-electron chi connectivity index (χ1n) is 6.99. The minimum absolute atomic E-state index is 0.286. The zero-order valence-corrected chi connectivity index (χ0v) is 12.0. The average molecular weight is 300 g/mol. The summed E-state index contributed by atoms with van der Waals surface area (Å²) in [6.45, 7) is 0.468. The van der Waals surface area contributed by atoms with Crippen molar-refractivity contribution in [1.82, 2.24) is 5.32 Å². The molecule has 0 radical (unpaired) electrons. The van der Waals surface area contributed by atoms with E-state index in [0.717, 1.165) is 5.56 Å². The Morgan fingerprint density at radius 1 is 0.955 bits per heavy atom. The number of hydrogen-bond acceptors (Lipinski definition) is 2. The van der Waals surface area contributed by atoms with Gasteiger partial charge in [0.1, 0.15) is 12.2 Å². The van der Waals surface area contributed by atoms with Crippen LogP contribution in [0.1, 0.15) is 12.0 Å². The van der Waals surface area contributed by atoms with Crippen molar-refractivity contribution in [1.29, 1.82) is 0 Å². The van der Waals surface area contributed by atoms with Crippen LogP contribution in [0.3, 0.4) is 0 Å². The fraction of sp³-hybridized carbons (Fsp3) is 0.176. The van der Waals surface area contributed by atoms with Crippen LogP contribution < -0.4 is 10.6 Å². The molecule has 2 aromatic carbocycles. The summed E-state index contributed by atoms with van der Waals surface area (Å²) in [5.74, 6) is -1.27. The standard InChI is InChI=1S/C17H17FN2O2/c18-14-7-4-8-15(11-14)20-17(22)12-16(21)19-10-9-13-5-2-1-3-6-13/h1-8,11H,9-10,12H2,(H,19,21)(H,20,22). The van der Waals surface area contributed by atoms with Crippen molar-refractivity contribution in [2.75, 3.05) is 11.9 Å². The maximum atomic E-state index is 13.0.